The molecule has 0 amide bonds. The first-order chi connectivity index (χ1) is 9.56. The Bertz CT molecular complexity index is 882. The summed E-state index contributed by atoms with van der Waals surface area (Å²) in [6.07, 6.45) is 2.91. The Kier molecular flexibility index (Phi) is 2.60. The van der Waals surface area contributed by atoms with Crippen LogP contribution in [0.2, 0.25) is 0 Å². The second-order valence-electron chi connectivity index (χ2n) is 4.16. The number of aromatic nitrogens is 3. The van der Waals surface area contributed by atoms with Crippen molar-refractivity contribution in [3.8, 4) is 11.4 Å². The molecular formula is C13H8FN3O3. The lowest BCUT2D eigenvalue weighted by atomic mass is 10.2. The van der Waals surface area contributed by atoms with E-state index in [9.17, 15) is 14.0 Å². The van der Waals surface area contributed by atoms with E-state index in [0.717, 1.165) is 12.1 Å². The average molecular weight is 273 g/mol. The van der Waals surface area contributed by atoms with Crippen LogP contribution < -0.4 is 5.43 Å². The average Bonchev–Trinajstić information content (AvgIpc) is 2.81. The van der Waals surface area contributed by atoms with Gasteiger partial charge in [0.25, 0.3) is 0 Å². The zero-order valence-electron chi connectivity index (χ0n) is 9.98. The number of benzene rings is 1. The molecule has 0 unspecified atom stereocenters. The molecule has 3 N–H and O–H groups in total. The Morgan fingerprint density at radius 2 is 2.15 bits per heavy atom. The van der Waals surface area contributed by atoms with Crippen LogP contribution in [0.3, 0.4) is 0 Å². The number of nitrogens with one attached hydrogen (secondary N) is 2. The maximum Gasteiger partial charge on any atom is 0.338 e. The summed E-state index contributed by atoms with van der Waals surface area (Å²) in [5.41, 5.74) is 0.0493. The molecule has 3 aromatic rings. The van der Waals surface area contributed by atoms with E-state index in [-0.39, 0.29) is 33.4 Å². The molecular weight excluding hydrogens is 265 g/mol. The van der Waals surface area contributed by atoms with Crippen molar-refractivity contribution < 1.29 is 14.3 Å². The third-order valence-corrected chi connectivity index (χ3v) is 2.86. The van der Waals surface area contributed by atoms with Gasteiger partial charge in [-0.05, 0) is 12.1 Å². The van der Waals surface area contributed by atoms with E-state index < -0.39 is 11.8 Å². The van der Waals surface area contributed by atoms with Gasteiger partial charge < -0.3 is 15.1 Å². The molecule has 0 radical (unpaired) electrons. The molecule has 2 heterocycles. The number of aromatic carboxylic acids is 1. The van der Waals surface area contributed by atoms with Crippen molar-refractivity contribution in [1.29, 1.82) is 0 Å². The SMILES string of the molecule is O=C(O)c1cc(F)cc2[nH]c(-c3c[nH]ccc3=O)nc12. The van der Waals surface area contributed by atoms with Crippen molar-refractivity contribution in [2.75, 3.05) is 0 Å². The number of H-pyrrole nitrogens is 2. The number of nitrogens with zero attached hydrogens (tertiary/aromatic N) is 1. The normalized spacial score (nSPS) is 10.8. The predicted octanol–water partition coefficient (Wildman–Crippen LogP) is 1.76. The number of carboxylic acid groups (broad SMARTS) is 1. The lowest BCUT2D eigenvalue weighted by molar-refractivity contribution is 0.0698. The highest BCUT2D eigenvalue weighted by atomic mass is 19.1. The molecule has 0 bridgehead atoms. The molecule has 0 atom stereocenters. The molecule has 7 heteroatoms. The van der Waals surface area contributed by atoms with E-state index in [1.165, 1.54) is 18.5 Å². The Labute approximate surface area is 110 Å². The number of hydrogen-bond donors (Lipinski definition) is 3. The van der Waals surface area contributed by atoms with Gasteiger partial charge in [-0.2, -0.15) is 0 Å². The standard InChI is InChI=1S/C13H8FN3O3/c14-6-3-7(13(19)20)11-9(4-6)16-12(17-11)8-5-15-2-1-10(8)18/h1-5H,(H,15,18)(H,16,17)(H,19,20). The van der Waals surface area contributed by atoms with Crippen LogP contribution in [0.4, 0.5) is 4.39 Å². The van der Waals surface area contributed by atoms with Gasteiger partial charge in [0, 0.05) is 18.5 Å². The molecule has 6 nitrogen and oxygen atoms in total. The molecule has 0 saturated heterocycles. The summed E-state index contributed by atoms with van der Waals surface area (Å²) in [6, 6.07) is 3.35. The van der Waals surface area contributed by atoms with Gasteiger partial charge in [-0.1, -0.05) is 0 Å². The minimum Gasteiger partial charge on any atom is -0.478 e. The van der Waals surface area contributed by atoms with Gasteiger partial charge in [-0.25, -0.2) is 14.2 Å². The Morgan fingerprint density at radius 3 is 2.85 bits per heavy atom. The molecule has 0 aliphatic rings. The van der Waals surface area contributed by atoms with Crippen molar-refractivity contribution in [3.05, 3.63) is 52.2 Å². The van der Waals surface area contributed by atoms with Crippen molar-refractivity contribution >= 4 is 17.0 Å². The molecule has 0 aliphatic heterocycles. The summed E-state index contributed by atoms with van der Waals surface area (Å²) in [6.45, 7) is 0. The fourth-order valence-electron chi connectivity index (χ4n) is 1.97. The molecule has 0 saturated carbocycles. The fraction of sp³-hybridized carbons (Fsp3) is 0. The topological polar surface area (TPSA) is 98.8 Å². The van der Waals surface area contributed by atoms with Gasteiger partial charge in [0.2, 0.25) is 0 Å². The van der Waals surface area contributed by atoms with Gasteiger partial charge in [-0.15, -0.1) is 0 Å². The Hall–Kier alpha value is -2.96. The lowest BCUT2D eigenvalue weighted by Crippen LogP contribution is -2.03. The number of halogens is 1. The van der Waals surface area contributed by atoms with E-state index in [0.29, 0.717) is 0 Å². The maximum absolute atomic E-state index is 13.4. The number of carboxylic acids is 1. The summed E-state index contributed by atoms with van der Waals surface area (Å²) in [4.78, 5) is 32.4. The predicted molar refractivity (Wildman–Crippen MR) is 69.1 cm³/mol. The highest BCUT2D eigenvalue weighted by molar-refractivity contribution is 6.01. The van der Waals surface area contributed by atoms with E-state index in [1.807, 2.05) is 0 Å². The molecule has 1 aromatic carbocycles. The summed E-state index contributed by atoms with van der Waals surface area (Å²) >= 11 is 0. The molecule has 100 valence electrons. The molecule has 0 fully saturated rings. The smallest absolute Gasteiger partial charge is 0.338 e. The first-order valence-corrected chi connectivity index (χ1v) is 5.66. The van der Waals surface area contributed by atoms with Crippen LogP contribution in [0.25, 0.3) is 22.4 Å². The van der Waals surface area contributed by atoms with Crippen molar-refractivity contribution in [2.45, 2.75) is 0 Å². The minimum atomic E-state index is -1.28. The largest absolute Gasteiger partial charge is 0.478 e. The summed E-state index contributed by atoms with van der Waals surface area (Å²) in [5, 5.41) is 9.05. The van der Waals surface area contributed by atoms with Crippen LogP contribution in [0.5, 0.6) is 0 Å². The Morgan fingerprint density at radius 1 is 1.35 bits per heavy atom. The molecule has 2 aromatic heterocycles. The highest BCUT2D eigenvalue weighted by Crippen LogP contribution is 2.22. The van der Waals surface area contributed by atoms with E-state index in [2.05, 4.69) is 15.0 Å². The minimum absolute atomic E-state index is 0.108. The highest BCUT2D eigenvalue weighted by Gasteiger charge is 2.16. The van der Waals surface area contributed by atoms with Gasteiger partial charge in [0.05, 0.1) is 16.6 Å². The van der Waals surface area contributed by atoms with E-state index in [4.69, 9.17) is 5.11 Å². The van der Waals surface area contributed by atoms with Crippen LogP contribution in [-0.4, -0.2) is 26.0 Å². The number of rotatable bonds is 2. The number of carbonyl (C=O) groups is 1. The maximum atomic E-state index is 13.4. The van der Waals surface area contributed by atoms with Gasteiger partial charge in [0.1, 0.15) is 17.2 Å². The molecule has 0 aliphatic carbocycles. The quantitative estimate of drug-likeness (QED) is 0.662. The summed E-state index contributed by atoms with van der Waals surface area (Å²) < 4.78 is 13.4. The fourth-order valence-corrected chi connectivity index (χ4v) is 1.97. The summed E-state index contributed by atoms with van der Waals surface area (Å²) in [7, 11) is 0. The zero-order chi connectivity index (χ0) is 14.3. The van der Waals surface area contributed by atoms with Crippen LogP contribution in [0.1, 0.15) is 10.4 Å². The molecule has 0 spiro atoms. The number of pyridine rings is 1. The zero-order valence-corrected chi connectivity index (χ0v) is 9.98. The van der Waals surface area contributed by atoms with Gasteiger partial charge >= 0.3 is 5.97 Å². The molecule has 3 rings (SSSR count). The van der Waals surface area contributed by atoms with Crippen molar-refractivity contribution in [1.82, 2.24) is 15.0 Å². The van der Waals surface area contributed by atoms with Crippen LogP contribution >= 0.6 is 0 Å². The second kappa shape index (κ2) is 4.30. The summed E-state index contributed by atoms with van der Waals surface area (Å²) in [5.74, 6) is -1.78. The van der Waals surface area contributed by atoms with Crippen molar-refractivity contribution in [2.24, 2.45) is 0 Å². The first kappa shape index (κ1) is 12.1. The van der Waals surface area contributed by atoms with Crippen LogP contribution in [0, 0.1) is 5.82 Å². The lowest BCUT2D eigenvalue weighted by Gasteiger charge is -1.95. The van der Waals surface area contributed by atoms with Crippen molar-refractivity contribution in [3.63, 3.8) is 0 Å². The van der Waals surface area contributed by atoms with Gasteiger partial charge in [-0.3, -0.25) is 4.79 Å². The molecule has 20 heavy (non-hydrogen) atoms. The van der Waals surface area contributed by atoms with E-state index >= 15 is 0 Å². The number of imidazole rings is 1. The third kappa shape index (κ3) is 1.85. The van der Waals surface area contributed by atoms with Gasteiger partial charge in [0.15, 0.2) is 5.43 Å². The van der Waals surface area contributed by atoms with E-state index in [1.54, 1.807) is 0 Å². The monoisotopic (exact) mass is 273 g/mol. The van der Waals surface area contributed by atoms with Crippen LogP contribution in [0.15, 0.2) is 35.4 Å². The number of hydrogen-bond acceptors (Lipinski definition) is 3. The third-order valence-electron chi connectivity index (χ3n) is 2.86. The second-order valence-corrected chi connectivity index (χ2v) is 4.16. The number of aromatic amines is 2. The Balaban J connectivity index is 2.31. The number of fused-ring (bicyclic) bond motifs is 1. The van der Waals surface area contributed by atoms with Crippen LogP contribution in [-0.2, 0) is 0 Å². The first-order valence-electron chi connectivity index (χ1n) is 5.66.